The van der Waals surface area contributed by atoms with Gasteiger partial charge in [-0.05, 0) is 0 Å². The zero-order valence-corrected chi connectivity index (χ0v) is 7.11. The van der Waals surface area contributed by atoms with Crippen LogP contribution in [0.5, 0.6) is 0 Å². The molecule has 1 heterocycles. The molecule has 6 nitrogen and oxygen atoms in total. The third-order valence-electron chi connectivity index (χ3n) is 1.61. The van der Waals surface area contributed by atoms with E-state index < -0.39 is 18.0 Å². The molecule has 6 heteroatoms. The van der Waals surface area contributed by atoms with Crippen LogP contribution in [-0.4, -0.2) is 43.1 Å². The number of imide groups is 1. The lowest BCUT2D eigenvalue weighted by molar-refractivity contribution is -0.141. The van der Waals surface area contributed by atoms with E-state index in [0.29, 0.717) is 0 Å². The van der Waals surface area contributed by atoms with Gasteiger partial charge in [0.05, 0.1) is 13.5 Å². The molecule has 0 saturated carbocycles. The first-order valence-corrected chi connectivity index (χ1v) is 3.69. The van der Waals surface area contributed by atoms with Crippen molar-refractivity contribution in [3.8, 4) is 0 Å². The first-order valence-electron chi connectivity index (χ1n) is 3.69. The molecule has 2 amide bonds. The highest BCUT2D eigenvalue weighted by atomic mass is 16.6. The molecule has 0 spiro atoms. The molecule has 1 saturated heterocycles. The van der Waals surface area contributed by atoms with Gasteiger partial charge in [-0.3, -0.25) is 9.59 Å². The van der Waals surface area contributed by atoms with Crippen molar-refractivity contribution in [2.24, 2.45) is 0 Å². The summed E-state index contributed by atoms with van der Waals surface area (Å²) < 4.78 is 8.78. The molecular formula is C7H9NO5. The largest absolute Gasteiger partial charge is 0.469 e. The predicted molar refractivity (Wildman–Crippen MR) is 39.7 cm³/mol. The number of hydrogen-bond donors (Lipinski definition) is 0. The molecule has 0 N–H and O–H groups in total. The smallest absolute Gasteiger partial charge is 0.417 e. The van der Waals surface area contributed by atoms with E-state index in [1.807, 2.05) is 0 Å². The van der Waals surface area contributed by atoms with Crippen molar-refractivity contribution in [1.29, 1.82) is 0 Å². The number of carbonyl (C=O) groups is 3. The third-order valence-corrected chi connectivity index (χ3v) is 1.61. The summed E-state index contributed by atoms with van der Waals surface area (Å²) in [6.07, 6.45) is -0.703. The zero-order chi connectivity index (χ0) is 9.84. The summed E-state index contributed by atoms with van der Waals surface area (Å²) >= 11 is 0. The molecule has 72 valence electrons. The summed E-state index contributed by atoms with van der Waals surface area (Å²) in [5.41, 5.74) is 0. The second-order valence-corrected chi connectivity index (χ2v) is 2.43. The molecule has 1 aliphatic rings. The molecule has 0 bridgehead atoms. The van der Waals surface area contributed by atoms with Crippen molar-refractivity contribution in [3.05, 3.63) is 0 Å². The van der Waals surface area contributed by atoms with Crippen LogP contribution in [0, 0.1) is 0 Å². The Kier molecular flexibility index (Phi) is 2.84. The maximum Gasteiger partial charge on any atom is 0.417 e. The number of carbonyl (C=O) groups excluding carboxylic acids is 3. The monoisotopic (exact) mass is 187 g/mol. The molecule has 13 heavy (non-hydrogen) atoms. The van der Waals surface area contributed by atoms with Gasteiger partial charge in [0.1, 0.15) is 0 Å². The summed E-state index contributed by atoms with van der Waals surface area (Å²) in [4.78, 5) is 33.3. The topological polar surface area (TPSA) is 72.9 Å². The molecule has 0 atom stereocenters. The minimum Gasteiger partial charge on any atom is -0.469 e. The molecule has 1 fully saturated rings. The molecule has 0 aliphatic carbocycles. The van der Waals surface area contributed by atoms with Gasteiger partial charge in [0.25, 0.3) is 5.91 Å². The van der Waals surface area contributed by atoms with Crippen molar-refractivity contribution in [3.63, 3.8) is 0 Å². The predicted octanol–water partition coefficient (Wildman–Crippen LogP) is -0.472. The van der Waals surface area contributed by atoms with Gasteiger partial charge in [-0.2, -0.15) is 0 Å². The second kappa shape index (κ2) is 3.88. The quantitative estimate of drug-likeness (QED) is 0.558. The van der Waals surface area contributed by atoms with Crippen LogP contribution in [-0.2, 0) is 19.1 Å². The van der Waals surface area contributed by atoms with Crippen LogP contribution < -0.4 is 0 Å². The second-order valence-electron chi connectivity index (χ2n) is 2.43. The summed E-state index contributed by atoms with van der Waals surface area (Å²) in [7, 11) is 1.24. The highest BCUT2D eigenvalue weighted by Crippen LogP contribution is 2.05. The zero-order valence-electron chi connectivity index (χ0n) is 7.11. The molecule has 1 rings (SSSR count). The van der Waals surface area contributed by atoms with Crippen molar-refractivity contribution in [2.75, 3.05) is 20.3 Å². The van der Waals surface area contributed by atoms with Gasteiger partial charge in [0.15, 0.2) is 6.61 Å². The number of rotatable bonds is 3. The maximum atomic E-state index is 10.9. The Morgan fingerprint density at radius 3 is 2.77 bits per heavy atom. The molecule has 0 unspecified atom stereocenters. The van der Waals surface area contributed by atoms with Gasteiger partial charge >= 0.3 is 12.1 Å². The SMILES string of the molecule is COC(=O)CCN1C(=O)COC1=O. The van der Waals surface area contributed by atoms with Gasteiger partial charge in [-0.25, -0.2) is 9.69 Å². The van der Waals surface area contributed by atoms with Crippen molar-refractivity contribution in [2.45, 2.75) is 6.42 Å². The number of methoxy groups -OCH3 is 1. The molecule has 1 aliphatic heterocycles. The van der Waals surface area contributed by atoms with Crippen LogP contribution >= 0.6 is 0 Å². The lowest BCUT2D eigenvalue weighted by Crippen LogP contribution is -2.31. The Morgan fingerprint density at radius 2 is 2.31 bits per heavy atom. The fraction of sp³-hybridized carbons (Fsp3) is 0.571. The average molecular weight is 187 g/mol. The first kappa shape index (κ1) is 9.50. The Bertz CT molecular complexity index is 233. The first-order chi connectivity index (χ1) is 6.15. The van der Waals surface area contributed by atoms with Gasteiger partial charge in [-0.15, -0.1) is 0 Å². The minimum absolute atomic E-state index is 0.00264. The third kappa shape index (κ3) is 2.17. The normalized spacial score (nSPS) is 15.9. The van der Waals surface area contributed by atoms with Crippen molar-refractivity contribution < 1.29 is 23.9 Å². The van der Waals surface area contributed by atoms with E-state index in [-0.39, 0.29) is 19.6 Å². The Hall–Kier alpha value is -1.59. The number of esters is 1. The van der Waals surface area contributed by atoms with E-state index in [9.17, 15) is 14.4 Å². The summed E-state index contributed by atoms with van der Waals surface area (Å²) in [5.74, 6) is -0.888. The van der Waals surface area contributed by atoms with Gasteiger partial charge < -0.3 is 9.47 Å². The standard InChI is InChI=1S/C7H9NO5/c1-12-6(10)2-3-8-5(9)4-13-7(8)11/h2-4H2,1H3. The Labute approximate surface area is 74.4 Å². The summed E-state index contributed by atoms with van der Waals surface area (Å²) in [5, 5.41) is 0. The number of nitrogens with zero attached hydrogens (tertiary/aromatic N) is 1. The van der Waals surface area contributed by atoms with Crippen molar-refractivity contribution in [1.82, 2.24) is 4.90 Å². The number of cyclic esters (lactones) is 1. The lowest BCUT2D eigenvalue weighted by atomic mass is 10.4. The fourth-order valence-corrected chi connectivity index (χ4v) is 0.902. The Balaban J connectivity index is 2.40. The number of ether oxygens (including phenoxy) is 2. The highest BCUT2D eigenvalue weighted by Gasteiger charge is 2.30. The van der Waals surface area contributed by atoms with E-state index in [2.05, 4.69) is 9.47 Å². The van der Waals surface area contributed by atoms with Crippen LogP contribution in [0.4, 0.5) is 4.79 Å². The minimum atomic E-state index is -0.700. The summed E-state index contributed by atoms with van der Waals surface area (Å²) in [6, 6.07) is 0. The molecule has 0 aromatic heterocycles. The van der Waals surface area contributed by atoms with E-state index in [1.54, 1.807) is 0 Å². The fourth-order valence-electron chi connectivity index (χ4n) is 0.902. The van der Waals surface area contributed by atoms with E-state index in [0.717, 1.165) is 4.90 Å². The lowest BCUT2D eigenvalue weighted by Gasteiger charge is -2.08. The van der Waals surface area contributed by atoms with Crippen LogP contribution in [0.2, 0.25) is 0 Å². The van der Waals surface area contributed by atoms with Gasteiger partial charge in [0.2, 0.25) is 0 Å². The van der Waals surface area contributed by atoms with Crippen LogP contribution in [0.25, 0.3) is 0 Å². The van der Waals surface area contributed by atoms with Crippen LogP contribution in [0.15, 0.2) is 0 Å². The average Bonchev–Trinajstić information content (AvgIpc) is 2.43. The van der Waals surface area contributed by atoms with E-state index in [1.165, 1.54) is 7.11 Å². The maximum absolute atomic E-state index is 10.9. The number of amides is 2. The Morgan fingerprint density at radius 1 is 1.62 bits per heavy atom. The van der Waals surface area contributed by atoms with Gasteiger partial charge in [0, 0.05) is 6.54 Å². The molecular weight excluding hydrogens is 178 g/mol. The molecule has 0 aromatic carbocycles. The number of hydrogen-bond acceptors (Lipinski definition) is 5. The molecule has 0 radical (unpaired) electrons. The molecule has 0 aromatic rings. The highest BCUT2D eigenvalue weighted by molar-refractivity contribution is 5.98. The van der Waals surface area contributed by atoms with Crippen molar-refractivity contribution >= 4 is 18.0 Å². The van der Waals surface area contributed by atoms with Gasteiger partial charge in [-0.1, -0.05) is 0 Å². The summed E-state index contributed by atoms with van der Waals surface area (Å²) in [6.45, 7) is -0.218. The van der Waals surface area contributed by atoms with Crippen LogP contribution in [0.3, 0.4) is 0 Å². The van der Waals surface area contributed by atoms with E-state index >= 15 is 0 Å². The van der Waals surface area contributed by atoms with Crippen LogP contribution in [0.1, 0.15) is 6.42 Å². The van der Waals surface area contributed by atoms with E-state index in [4.69, 9.17) is 0 Å².